The van der Waals surface area contributed by atoms with Crippen molar-refractivity contribution in [1.29, 1.82) is 0 Å². The third-order valence-corrected chi connectivity index (χ3v) is 12.5. The van der Waals surface area contributed by atoms with Gasteiger partial charge in [-0.1, -0.05) is 72.8 Å². The van der Waals surface area contributed by atoms with E-state index in [0.29, 0.717) is 0 Å². The van der Waals surface area contributed by atoms with Gasteiger partial charge in [0.2, 0.25) is 0 Å². The molecule has 4 aromatic rings. The summed E-state index contributed by atoms with van der Waals surface area (Å²) < 4.78 is 4.63. The molecule has 0 aromatic heterocycles. The van der Waals surface area contributed by atoms with Gasteiger partial charge in [0.25, 0.3) is 0 Å². The number of aryl methyl sites for hydroxylation is 2. The minimum absolute atomic E-state index is 0.246. The Labute approximate surface area is 290 Å². The minimum atomic E-state index is 0.246. The maximum absolute atomic E-state index is 4.00. The highest BCUT2D eigenvalue weighted by Gasteiger charge is 2.42. The summed E-state index contributed by atoms with van der Waals surface area (Å²) in [4.78, 5) is 0. The fraction of sp³-hybridized carbons (Fsp3) is 0.238. The lowest BCUT2D eigenvalue weighted by Crippen LogP contribution is -2.21. The van der Waals surface area contributed by atoms with Crippen molar-refractivity contribution in [3.63, 3.8) is 0 Å². The molecule has 2 nitrogen and oxygen atoms in total. The maximum atomic E-state index is 4.00. The van der Waals surface area contributed by atoms with Crippen LogP contribution in [0.25, 0.3) is 33.4 Å². The highest BCUT2D eigenvalue weighted by molar-refractivity contribution is 9.10. The average molecular weight is 731 g/mol. The maximum Gasteiger partial charge on any atom is 0.0876 e. The highest BCUT2D eigenvalue weighted by atomic mass is 79.9. The molecule has 2 aliphatic heterocycles. The normalized spacial score (nSPS) is 19.5. The van der Waals surface area contributed by atoms with Crippen molar-refractivity contribution in [1.82, 2.24) is 0 Å². The van der Waals surface area contributed by atoms with Crippen LogP contribution in [0.15, 0.2) is 107 Å². The summed E-state index contributed by atoms with van der Waals surface area (Å²) in [7, 11) is 0. The molecule has 2 unspecified atom stereocenters. The second kappa shape index (κ2) is 11.0. The van der Waals surface area contributed by atoms with E-state index in [1.54, 1.807) is 0 Å². The zero-order valence-electron chi connectivity index (χ0n) is 27.3. The van der Waals surface area contributed by atoms with Crippen molar-refractivity contribution in [2.24, 2.45) is 0 Å². The highest BCUT2D eigenvalue weighted by Crippen LogP contribution is 2.56. The zero-order chi connectivity index (χ0) is 32.0. The van der Waals surface area contributed by atoms with Gasteiger partial charge < -0.3 is 0 Å². The molecule has 0 spiro atoms. The second-order valence-electron chi connectivity index (χ2n) is 13.5. The van der Waals surface area contributed by atoms with Gasteiger partial charge in [-0.3, -0.25) is 7.85 Å². The molecule has 0 saturated carbocycles. The van der Waals surface area contributed by atoms with Crippen LogP contribution in [0.3, 0.4) is 0 Å². The van der Waals surface area contributed by atoms with Gasteiger partial charge in [-0.25, -0.2) is 0 Å². The topological polar surface area (TPSA) is 6.48 Å². The largest absolute Gasteiger partial charge is 0.297 e. The third-order valence-electron chi connectivity index (χ3n) is 10.9. The molecule has 2 atom stereocenters. The number of benzene rings is 4. The van der Waals surface area contributed by atoms with Gasteiger partial charge in [0.15, 0.2) is 0 Å². The lowest BCUT2D eigenvalue weighted by molar-refractivity contribution is 0.942. The molecule has 0 fully saturated rings. The summed E-state index contributed by atoms with van der Waals surface area (Å²) in [5.74, 6) is 0. The van der Waals surface area contributed by atoms with Crippen LogP contribution in [-0.4, -0.2) is 12.1 Å². The standard InChI is InChI=1S/C42H38Br2N2/c1-23-19-33-39-35(45(43)41(33)27(23)5)21-25(3)31(37(39)29-13-9-7-10-14-29)17-18-32-26(4)22-36-40(38(32)30-15-11-8-12-16-30)34-20-24(2)28(6)42(34)46(36)44/h7-16,19-22,41-42H,17-18H2,1-6H3. The smallest absolute Gasteiger partial charge is 0.0876 e. The first-order chi connectivity index (χ1) is 22.2. The van der Waals surface area contributed by atoms with Gasteiger partial charge in [-0.2, -0.15) is 0 Å². The Balaban J connectivity index is 1.30. The molecular formula is C42H38Br2N2. The molecule has 230 valence electrons. The molecule has 2 aliphatic carbocycles. The quantitative estimate of drug-likeness (QED) is 0.189. The molecule has 0 saturated heterocycles. The van der Waals surface area contributed by atoms with Crippen LogP contribution in [0.2, 0.25) is 0 Å². The van der Waals surface area contributed by atoms with E-state index in [4.69, 9.17) is 0 Å². The van der Waals surface area contributed by atoms with E-state index in [1.165, 1.54) is 100 Å². The molecule has 0 radical (unpaired) electrons. The number of hydrogen-bond donors (Lipinski definition) is 0. The number of anilines is 2. The van der Waals surface area contributed by atoms with Gasteiger partial charge in [0, 0.05) is 11.1 Å². The summed E-state index contributed by atoms with van der Waals surface area (Å²) in [6.07, 6.45) is 6.76. The molecular weight excluding hydrogens is 692 g/mol. The summed E-state index contributed by atoms with van der Waals surface area (Å²) in [5.41, 5.74) is 24.7. The van der Waals surface area contributed by atoms with E-state index < -0.39 is 0 Å². The molecule has 4 heteroatoms. The first-order valence-corrected chi connectivity index (χ1v) is 17.7. The number of nitrogens with zero attached hydrogens (tertiary/aromatic N) is 2. The van der Waals surface area contributed by atoms with Crippen molar-refractivity contribution in [3.05, 3.63) is 141 Å². The molecule has 2 heterocycles. The van der Waals surface area contributed by atoms with Crippen molar-refractivity contribution in [2.75, 3.05) is 7.85 Å². The number of allylic oxidation sites excluding steroid dienone is 4. The predicted octanol–water partition coefficient (Wildman–Crippen LogP) is 11.9. The number of hydrogen-bond acceptors (Lipinski definition) is 2. The van der Waals surface area contributed by atoms with E-state index in [2.05, 4.69) is 167 Å². The van der Waals surface area contributed by atoms with Crippen LogP contribution in [0, 0.1) is 13.8 Å². The molecule has 8 rings (SSSR count). The van der Waals surface area contributed by atoms with Crippen molar-refractivity contribution >= 4 is 54.8 Å². The first-order valence-electron chi connectivity index (χ1n) is 16.3. The van der Waals surface area contributed by atoms with Crippen LogP contribution in [0.4, 0.5) is 11.4 Å². The lowest BCUT2D eigenvalue weighted by Gasteiger charge is -2.23. The van der Waals surface area contributed by atoms with Gasteiger partial charge in [0.05, 0.1) is 55.8 Å². The van der Waals surface area contributed by atoms with Crippen LogP contribution in [0.1, 0.15) is 61.1 Å². The Morgan fingerprint density at radius 1 is 0.522 bits per heavy atom. The van der Waals surface area contributed by atoms with Crippen LogP contribution >= 0.6 is 32.3 Å². The fourth-order valence-corrected chi connectivity index (χ4v) is 9.99. The van der Waals surface area contributed by atoms with Crippen molar-refractivity contribution in [2.45, 2.75) is 66.5 Å². The van der Waals surface area contributed by atoms with E-state index in [9.17, 15) is 0 Å². The molecule has 4 aromatic carbocycles. The van der Waals surface area contributed by atoms with Gasteiger partial charge in [0.1, 0.15) is 0 Å². The van der Waals surface area contributed by atoms with Crippen LogP contribution in [0.5, 0.6) is 0 Å². The third kappa shape index (κ3) is 4.26. The van der Waals surface area contributed by atoms with E-state index in [0.717, 1.165) is 12.8 Å². The van der Waals surface area contributed by atoms with E-state index in [1.807, 2.05) is 0 Å². The molecule has 4 aliphatic rings. The van der Waals surface area contributed by atoms with Crippen molar-refractivity contribution in [3.8, 4) is 22.3 Å². The summed E-state index contributed by atoms with van der Waals surface area (Å²) >= 11 is 8.01. The Hall–Kier alpha value is -3.60. The SMILES string of the molecule is CC1=C(C)C2C(=C1)c1c(cc(C)c(CCc3c(C)cc4c(c3-c3ccccc3)C3=CC(C)=C(C)C3N4Br)c1-c1ccccc1)N2Br. The number of rotatable bonds is 5. The van der Waals surface area contributed by atoms with Gasteiger partial charge in [-0.15, -0.1) is 0 Å². The Morgan fingerprint density at radius 3 is 1.26 bits per heavy atom. The first kappa shape index (κ1) is 29.8. The summed E-state index contributed by atoms with van der Waals surface area (Å²) in [6.45, 7) is 13.7. The molecule has 0 amide bonds. The molecule has 46 heavy (non-hydrogen) atoms. The second-order valence-corrected chi connectivity index (χ2v) is 15.0. The van der Waals surface area contributed by atoms with Crippen molar-refractivity contribution < 1.29 is 0 Å². The van der Waals surface area contributed by atoms with Gasteiger partial charge >= 0.3 is 0 Å². The molecule has 0 bridgehead atoms. The Bertz CT molecular complexity index is 1930. The predicted molar refractivity (Wildman–Crippen MR) is 204 cm³/mol. The van der Waals surface area contributed by atoms with Gasteiger partial charge in [-0.05, 0) is 144 Å². The summed E-state index contributed by atoms with van der Waals surface area (Å²) in [5, 5.41) is 0. The van der Waals surface area contributed by atoms with Crippen LogP contribution < -0.4 is 7.85 Å². The summed E-state index contributed by atoms with van der Waals surface area (Å²) in [6, 6.07) is 27.4. The monoisotopic (exact) mass is 728 g/mol. The Kier molecular flexibility index (Phi) is 7.12. The van der Waals surface area contributed by atoms with E-state index >= 15 is 0 Å². The zero-order valence-corrected chi connectivity index (χ0v) is 30.5. The molecule has 0 N–H and O–H groups in total. The number of halogens is 2. The van der Waals surface area contributed by atoms with E-state index in [-0.39, 0.29) is 12.1 Å². The van der Waals surface area contributed by atoms with Crippen LogP contribution in [-0.2, 0) is 12.8 Å². The lowest BCUT2D eigenvalue weighted by atomic mass is 9.82. The fourth-order valence-electron chi connectivity index (χ4n) is 8.37. The average Bonchev–Trinajstić information content (AvgIpc) is 3.70. The Morgan fingerprint density at radius 2 is 0.891 bits per heavy atom. The minimum Gasteiger partial charge on any atom is -0.297 e. The number of fused-ring (bicyclic) bond motifs is 6.